The van der Waals surface area contributed by atoms with Gasteiger partial charge in [-0.1, -0.05) is 13.8 Å². The van der Waals surface area contributed by atoms with Gasteiger partial charge in [-0.05, 0) is 25.3 Å². The lowest BCUT2D eigenvalue weighted by Gasteiger charge is -2.23. The van der Waals surface area contributed by atoms with E-state index in [0.29, 0.717) is 6.04 Å². The van der Waals surface area contributed by atoms with Gasteiger partial charge in [-0.25, -0.2) is 4.98 Å². The molecule has 0 aromatic carbocycles. The number of aromatic nitrogens is 2. The standard InChI is InChI=1S/C12H20N4O/c1-8(2)11(12(13)17)16-7-14-6-10(16)9-4-3-5-15-9/h6-9,11,15H,3-5H2,1-2H3,(H2,13,17). The molecule has 1 aromatic heterocycles. The minimum Gasteiger partial charge on any atom is -0.368 e. The van der Waals surface area contributed by atoms with Crippen molar-refractivity contribution in [2.24, 2.45) is 11.7 Å². The Morgan fingerprint density at radius 2 is 2.41 bits per heavy atom. The lowest BCUT2D eigenvalue weighted by molar-refractivity contribution is -0.122. The summed E-state index contributed by atoms with van der Waals surface area (Å²) in [5.41, 5.74) is 6.56. The zero-order valence-electron chi connectivity index (χ0n) is 10.4. The molecule has 0 aliphatic carbocycles. The van der Waals surface area contributed by atoms with Crippen molar-refractivity contribution in [1.29, 1.82) is 0 Å². The van der Waals surface area contributed by atoms with E-state index in [0.717, 1.165) is 18.7 Å². The van der Waals surface area contributed by atoms with E-state index < -0.39 is 0 Å². The fraction of sp³-hybridized carbons (Fsp3) is 0.667. The monoisotopic (exact) mass is 236 g/mol. The van der Waals surface area contributed by atoms with Crippen LogP contribution >= 0.6 is 0 Å². The van der Waals surface area contributed by atoms with Crippen molar-refractivity contribution in [1.82, 2.24) is 14.9 Å². The summed E-state index contributed by atoms with van der Waals surface area (Å²) in [6.07, 6.45) is 5.81. The van der Waals surface area contributed by atoms with E-state index in [4.69, 9.17) is 5.73 Å². The third-order valence-electron chi connectivity index (χ3n) is 3.34. The number of nitrogens with two attached hydrogens (primary N) is 1. The van der Waals surface area contributed by atoms with E-state index >= 15 is 0 Å². The van der Waals surface area contributed by atoms with Gasteiger partial charge in [0.25, 0.3) is 0 Å². The molecule has 94 valence electrons. The molecule has 1 aromatic rings. The van der Waals surface area contributed by atoms with Crippen molar-refractivity contribution in [3.63, 3.8) is 0 Å². The van der Waals surface area contributed by atoms with E-state index in [1.807, 2.05) is 24.6 Å². The van der Waals surface area contributed by atoms with Crippen LogP contribution < -0.4 is 11.1 Å². The molecule has 3 N–H and O–H groups in total. The highest BCUT2D eigenvalue weighted by Gasteiger charge is 2.27. The van der Waals surface area contributed by atoms with Gasteiger partial charge in [0, 0.05) is 12.2 Å². The Balaban J connectivity index is 2.30. The Morgan fingerprint density at radius 1 is 1.65 bits per heavy atom. The number of imidazole rings is 1. The first kappa shape index (κ1) is 12.1. The van der Waals surface area contributed by atoms with E-state index in [-0.39, 0.29) is 17.9 Å². The molecule has 0 bridgehead atoms. The maximum absolute atomic E-state index is 11.6. The van der Waals surface area contributed by atoms with Gasteiger partial charge >= 0.3 is 0 Å². The van der Waals surface area contributed by atoms with E-state index in [2.05, 4.69) is 10.3 Å². The summed E-state index contributed by atoms with van der Waals surface area (Å²) >= 11 is 0. The number of nitrogens with one attached hydrogen (secondary N) is 1. The molecule has 1 saturated heterocycles. The third-order valence-corrected chi connectivity index (χ3v) is 3.34. The number of carbonyl (C=O) groups is 1. The van der Waals surface area contributed by atoms with Crippen LogP contribution in [0.4, 0.5) is 0 Å². The summed E-state index contributed by atoms with van der Waals surface area (Å²) in [5, 5.41) is 3.42. The van der Waals surface area contributed by atoms with Gasteiger partial charge in [0.05, 0.1) is 12.0 Å². The molecule has 2 heterocycles. The molecule has 0 spiro atoms. The smallest absolute Gasteiger partial charge is 0.240 e. The minimum absolute atomic E-state index is 0.168. The number of primary amides is 1. The summed E-state index contributed by atoms with van der Waals surface area (Å²) in [7, 11) is 0. The largest absolute Gasteiger partial charge is 0.368 e. The molecule has 5 nitrogen and oxygen atoms in total. The zero-order valence-corrected chi connectivity index (χ0v) is 10.4. The van der Waals surface area contributed by atoms with E-state index in [9.17, 15) is 4.79 Å². The first-order valence-corrected chi connectivity index (χ1v) is 6.15. The van der Waals surface area contributed by atoms with Gasteiger partial charge in [0.1, 0.15) is 6.04 Å². The highest BCUT2D eigenvalue weighted by molar-refractivity contribution is 5.78. The van der Waals surface area contributed by atoms with Crippen LogP contribution in [0.25, 0.3) is 0 Å². The second-order valence-corrected chi connectivity index (χ2v) is 4.97. The molecule has 1 amide bonds. The zero-order chi connectivity index (χ0) is 12.4. The Kier molecular flexibility index (Phi) is 3.47. The first-order valence-electron chi connectivity index (χ1n) is 6.15. The average Bonchev–Trinajstić information content (AvgIpc) is 2.84. The van der Waals surface area contributed by atoms with E-state index in [1.165, 1.54) is 6.42 Å². The number of rotatable bonds is 4. The van der Waals surface area contributed by atoms with Crippen molar-refractivity contribution >= 4 is 5.91 Å². The lowest BCUT2D eigenvalue weighted by Crippen LogP contribution is -2.32. The summed E-state index contributed by atoms with van der Waals surface area (Å²) in [5.74, 6) is -0.126. The van der Waals surface area contributed by atoms with Crippen LogP contribution in [0.3, 0.4) is 0 Å². The Labute approximate surface area is 101 Å². The Bertz CT molecular complexity index is 393. The molecule has 2 atom stereocenters. The number of amides is 1. The Hall–Kier alpha value is -1.36. The molecular weight excluding hydrogens is 216 g/mol. The molecule has 0 radical (unpaired) electrons. The summed E-state index contributed by atoms with van der Waals surface area (Å²) in [6, 6.07) is -0.00648. The normalized spacial score (nSPS) is 21.9. The quantitative estimate of drug-likeness (QED) is 0.818. The predicted molar refractivity (Wildman–Crippen MR) is 65.3 cm³/mol. The molecule has 1 aliphatic heterocycles. The maximum atomic E-state index is 11.6. The summed E-state index contributed by atoms with van der Waals surface area (Å²) in [6.45, 7) is 5.03. The number of nitrogens with zero attached hydrogens (tertiary/aromatic N) is 2. The summed E-state index contributed by atoms with van der Waals surface area (Å²) in [4.78, 5) is 15.7. The highest BCUT2D eigenvalue weighted by Crippen LogP contribution is 2.27. The molecule has 2 unspecified atom stereocenters. The van der Waals surface area contributed by atoms with Gasteiger partial charge in [-0.2, -0.15) is 0 Å². The molecule has 1 aliphatic rings. The molecule has 0 saturated carbocycles. The van der Waals surface area contributed by atoms with Crippen molar-refractivity contribution in [2.45, 2.75) is 38.8 Å². The van der Waals surface area contributed by atoms with Crippen molar-refractivity contribution < 1.29 is 4.79 Å². The number of hydrogen-bond donors (Lipinski definition) is 2. The summed E-state index contributed by atoms with van der Waals surface area (Å²) < 4.78 is 1.93. The van der Waals surface area contributed by atoms with Gasteiger partial charge < -0.3 is 15.6 Å². The SMILES string of the molecule is CC(C)C(C(N)=O)n1cncc1C1CCCN1. The third kappa shape index (κ3) is 2.34. The van der Waals surface area contributed by atoms with Crippen LogP contribution in [-0.4, -0.2) is 22.0 Å². The van der Waals surface area contributed by atoms with Gasteiger partial charge in [-0.15, -0.1) is 0 Å². The fourth-order valence-corrected chi connectivity index (χ4v) is 2.54. The highest BCUT2D eigenvalue weighted by atomic mass is 16.1. The van der Waals surface area contributed by atoms with Gasteiger partial charge in [0.15, 0.2) is 0 Å². The second-order valence-electron chi connectivity index (χ2n) is 4.97. The van der Waals surface area contributed by atoms with Crippen LogP contribution in [0.2, 0.25) is 0 Å². The Morgan fingerprint density at radius 3 is 2.94 bits per heavy atom. The topological polar surface area (TPSA) is 72.9 Å². The molecular formula is C12H20N4O. The van der Waals surface area contributed by atoms with E-state index in [1.54, 1.807) is 6.33 Å². The first-order chi connectivity index (χ1) is 8.11. The molecule has 2 rings (SSSR count). The number of carbonyl (C=O) groups excluding carboxylic acids is 1. The predicted octanol–water partition coefficient (Wildman–Crippen LogP) is 0.990. The second kappa shape index (κ2) is 4.87. The molecule has 1 fully saturated rings. The van der Waals surface area contributed by atoms with Gasteiger partial charge in [0.2, 0.25) is 5.91 Å². The van der Waals surface area contributed by atoms with Crippen LogP contribution in [0.15, 0.2) is 12.5 Å². The van der Waals surface area contributed by atoms with Gasteiger partial charge in [-0.3, -0.25) is 4.79 Å². The molecule has 17 heavy (non-hydrogen) atoms. The van der Waals surface area contributed by atoms with Crippen molar-refractivity contribution in [3.8, 4) is 0 Å². The number of hydrogen-bond acceptors (Lipinski definition) is 3. The average molecular weight is 236 g/mol. The van der Waals surface area contributed by atoms with Crippen molar-refractivity contribution in [3.05, 3.63) is 18.2 Å². The van der Waals surface area contributed by atoms with Crippen molar-refractivity contribution in [2.75, 3.05) is 6.54 Å². The maximum Gasteiger partial charge on any atom is 0.240 e. The van der Waals surface area contributed by atoms with Crippen LogP contribution in [-0.2, 0) is 4.79 Å². The molecule has 5 heteroatoms. The van der Waals surface area contributed by atoms with Crippen LogP contribution in [0.5, 0.6) is 0 Å². The van der Waals surface area contributed by atoms with Crippen LogP contribution in [0, 0.1) is 5.92 Å². The fourth-order valence-electron chi connectivity index (χ4n) is 2.54. The van der Waals surface area contributed by atoms with Crippen LogP contribution in [0.1, 0.15) is 44.5 Å². The lowest BCUT2D eigenvalue weighted by atomic mass is 10.0. The minimum atomic E-state index is -0.310.